The van der Waals surface area contributed by atoms with Crippen LogP contribution in [0, 0.1) is 17.1 Å². The highest BCUT2D eigenvalue weighted by atomic mass is 32.2. The molecular weight excluding hydrogens is 319 g/mol. The number of nitriles is 1. The van der Waals surface area contributed by atoms with Gasteiger partial charge in [0.2, 0.25) is 0 Å². The molecule has 1 N–H and O–H groups in total. The number of anilines is 1. The van der Waals surface area contributed by atoms with E-state index in [-0.39, 0.29) is 23.5 Å². The Morgan fingerprint density at radius 3 is 2.43 bits per heavy atom. The van der Waals surface area contributed by atoms with Crippen molar-refractivity contribution in [2.24, 2.45) is 0 Å². The number of aliphatic hydroxyl groups excluding tert-OH is 1. The number of aliphatic hydroxyl groups is 1. The van der Waals surface area contributed by atoms with E-state index in [1.54, 1.807) is 12.1 Å². The van der Waals surface area contributed by atoms with E-state index < -0.39 is 22.4 Å². The van der Waals surface area contributed by atoms with Gasteiger partial charge in [0.05, 0.1) is 36.2 Å². The summed E-state index contributed by atoms with van der Waals surface area (Å²) in [6.45, 7) is -0.589. The van der Waals surface area contributed by atoms with E-state index in [0.29, 0.717) is 5.56 Å². The zero-order chi connectivity index (χ0) is 16.9. The zero-order valence-electron chi connectivity index (χ0n) is 12.2. The van der Waals surface area contributed by atoms with Crippen molar-refractivity contribution >= 4 is 15.7 Å². The number of sulfonamides is 1. The molecular formula is C16H15FN2O3S. The average molecular weight is 334 g/mol. The van der Waals surface area contributed by atoms with E-state index in [1.165, 1.54) is 30.3 Å². The summed E-state index contributed by atoms with van der Waals surface area (Å²) in [7, 11) is -3.94. The summed E-state index contributed by atoms with van der Waals surface area (Å²) in [5.74, 6) is -0.565. The van der Waals surface area contributed by atoms with E-state index in [0.717, 1.165) is 10.4 Å². The lowest BCUT2D eigenvalue weighted by molar-refractivity contribution is 0.306. The van der Waals surface area contributed by atoms with Gasteiger partial charge >= 0.3 is 0 Å². The second kappa shape index (κ2) is 7.22. The highest BCUT2D eigenvalue weighted by Crippen LogP contribution is 2.24. The first-order valence-corrected chi connectivity index (χ1v) is 8.28. The zero-order valence-corrected chi connectivity index (χ0v) is 13.0. The van der Waals surface area contributed by atoms with Crippen molar-refractivity contribution in [3.8, 4) is 6.07 Å². The molecule has 0 fully saturated rings. The molecule has 2 aromatic rings. The van der Waals surface area contributed by atoms with Crippen molar-refractivity contribution in [1.29, 1.82) is 5.26 Å². The highest BCUT2D eigenvalue weighted by molar-refractivity contribution is 7.92. The fourth-order valence-corrected chi connectivity index (χ4v) is 3.56. The van der Waals surface area contributed by atoms with E-state index in [1.807, 2.05) is 6.07 Å². The van der Waals surface area contributed by atoms with Gasteiger partial charge in [-0.25, -0.2) is 12.8 Å². The number of nitrogens with zero attached hydrogens (tertiary/aromatic N) is 2. The molecule has 0 aliphatic rings. The molecule has 0 saturated carbocycles. The normalized spacial score (nSPS) is 11.0. The number of benzene rings is 2. The molecule has 2 aromatic carbocycles. The smallest absolute Gasteiger partial charge is 0.264 e. The molecule has 0 unspecified atom stereocenters. The molecule has 7 heteroatoms. The Hall–Kier alpha value is -2.43. The molecule has 0 atom stereocenters. The van der Waals surface area contributed by atoms with E-state index in [9.17, 15) is 12.8 Å². The minimum atomic E-state index is -3.94. The minimum Gasteiger partial charge on any atom is -0.394 e. The molecule has 23 heavy (non-hydrogen) atoms. The van der Waals surface area contributed by atoms with E-state index >= 15 is 0 Å². The Morgan fingerprint density at radius 1 is 1.17 bits per heavy atom. The molecule has 0 spiro atoms. The number of halogens is 1. The Morgan fingerprint density at radius 2 is 1.87 bits per heavy atom. The van der Waals surface area contributed by atoms with Gasteiger partial charge in [0.15, 0.2) is 0 Å². The van der Waals surface area contributed by atoms with Crippen LogP contribution in [0.2, 0.25) is 0 Å². The Kier molecular flexibility index (Phi) is 5.32. The SMILES string of the molecule is N#CCc1ccc(S(=O)(=O)N(CCO)c2cccc(F)c2)cc1. The number of hydrogen-bond acceptors (Lipinski definition) is 4. The van der Waals surface area contributed by atoms with Crippen LogP contribution in [0.3, 0.4) is 0 Å². The van der Waals surface area contributed by atoms with Crippen LogP contribution >= 0.6 is 0 Å². The third-order valence-corrected chi connectivity index (χ3v) is 5.04. The lowest BCUT2D eigenvalue weighted by Crippen LogP contribution is -2.33. The summed E-state index contributed by atoms with van der Waals surface area (Å²) in [4.78, 5) is 0.0110. The molecule has 2 rings (SSSR count). The van der Waals surface area contributed by atoms with Crippen molar-refractivity contribution in [3.63, 3.8) is 0 Å². The predicted molar refractivity (Wildman–Crippen MR) is 83.8 cm³/mol. The van der Waals surface area contributed by atoms with E-state index in [2.05, 4.69) is 0 Å². The van der Waals surface area contributed by atoms with Gasteiger partial charge in [-0.3, -0.25) is 4.31 Å². The Bertz CT molecular complexity index is 814. The third kappa shape index (κ3) is 3.86. The molecule has 0 aliphatic heterocycles. The molecule has 0 bridgehead atoms. The number of rotatable bonds is 6. The van der Waals surface area contributed by atoms with Crippen molar-refractivity contribution in [2.45, 2.75) is 11.3 Å². The van der Waals surface area contributed by atoms with E-state index in [4.69, 9.17) is 10.4 Å². The van der Waals surface area contributed by atoms with Crippen molar-refractivity contribution in [3.05, 3.63) is 59.9 Å². The Balaban J connectivity index is 2.42. The largest absolute Gasteiger partial charge is 0.394 e. The van der Waals surface area contributed by atoms with Crippen LogP contribution in [-0.2, 0) is 16.4 Å². The van der Waals surface area contributed by atoms with Gasteiger partial charge < -0.3 is 5.11 Å². The first-order valence-electron chi connectivity index (χ1n) is 6.84. The van der Waals surface area contributed by atoms with Crippen molar-refractivity contribution in [1.82, 2.24) is 0 Å². The van der Waals surface area contributed by atoms with Gasteiger partial charge in [-0.1, -0.05) is 18.2 Å². The lowest BCUT2D eigenvalue weighted by atomic mass is 10.2. The maximum Gasteiger partial charge on any atom is 0.264 e. The van der Waals surface area contributed by atoms with Crippen LogP contribution in [0.15, 0.2) is 53.4 Å². The highest BCUT2D eigenvalue weighted by Gasteiger charge is 2.24. The monoisotopic (exact) mass is 334 g/mol. The summed E-state index contributed by atoms with van der Waals surface area (Å²) in [6, 6.07) is 13.0. The van der Waals surface area contributed by atoms with Crippen LogP contribution in [0.25, 0.3) is 0 Å². The van der Waals surface area contributed by atoms with Crippen LogP contribution in [0.4, 0.5) is 10.1 Å². The van der Waals surface area contributed by atoms with Gasteiger partial charge in [-0.15, -0.1) is 0 Å². The summed E-state index contributed by atoms with van der Waals surface area (Å²) >= 11 is 0. The topological polar surface area (TPSA) is 81.4 Å². The first kappa shape index (κ1) is 16.9. The molecule has 0 saturated heterocycles. The Labute approximate surface area is 134 Å². The fourth-order valence-electron chi connectivity index (χ4n) is 2.11. The number of hydrogen-bond donors (Lipinski definition) is 1. The molecule has 0 heterocycles. The molecule has 0 aliphatic carbocycles. The lowest BCUT2D eigenvalue weighted by Gasteiger charge is -2.23. The first-order chi connectivity index (χ1) is 11.0. The molecule has 0 radical (unpaired) electrons. The molecule has 0 aromatic heterocycles. The summed E-state index contributed by atoms with van der Waals surface area (Å²) in [6.07, 6.45) is 0.185. The maximum atomic E-state index is 13.4. The summed E-state index contributed by atoms with van der Waals surface area (Å²) < 4.78 is 39.8. The second-order valence-corrected chi connectivity index (χ2v) is 6.62. The molecule has 0 amide bonds. The molecule has 5 nitrogen and oxygen atoms in total. The van der Waals surface area contributed by atoms with Gasteiger partial charge in [0.1, 0.15) is 5.82 Å². The second-order valence-electron chi connectivity index (χ2n) is 4.76. The van der Waals surface area contributed by atoms with Crippen LogP contribution in [0.5, 0.6) is 0 Å². The standard InChI is InChI=1S/C16H15FN2O3S/c17-14-2-1-3-15(12-14)19(10-11-20)23(21,22)16-6-4-13(5-7-16)8-9-18/h1-7,12,20H,8,10-11H2. The van der Waals surface area contributed by atoms with Crippen LogP contribution < -0.4 is 4.31 Å². The summed E-state index contributed by atoms with van der Waals surface area (Å²) in [5.41, 5.74) is 0.839. The van der Waals surface area contributed by atoms with Crippen LogP contribution in [0.1, 0.15) is 5.56 Å². The summed E-state index contributed by atoms with van der Waals surface area (Å²) in [5, 5.41) is 17.8. The average Bonchev–Trinajstić information content (AvgIpc) is 2.53. The maximum absolute atomic E-state index is 13.4. The quantitative estimate of drug-likeness (QED) is 0.877. The van der Waals surface area contributed by atoms with Gasteiger partial charge in [-0.05, 0) is 35.9 Å². The van der Waals surface area contributed by atoms with Gasteiger partial charge in [0.25, 0.3) is 10.0 Å². The van der Waals surface area contributed by atoms with Gasteiger partial charge in [0, 0.05) is 0 Å². The van der Waals surface area contributed by atoms with Gasteiger partial charge in [-0.2, -0.15) is 5.26 Å². The molecule has 120 valence electrons. The van der Waals surface area contributed by atoms with Crippen molar-refractivity contribution in [2.75, 3.05) is 17.5 Å². The third-order valence-electron chi connectivity index (χ3n) is 3.19. The van der Waals surface area contributed by atoms with Crippen LogP contribution in [-0.4, -0.2) is 26.7 Å². The minimum absolute atomic E-state index is 0.0110. The van der Waals surface area contributed by atoms with Crippen molar-refractivity contribution < 1.29 is 17.9 Å². The predicted octanol–water partition coefficient (Wildman–Crippen LogP) is 2.08. The fraction of sp³-hybridized carbons (Fsp3) is 0.188.